The summed E-state index contributed by atoms with van der Waals surface area (Å²) in [7, 11) is 0. The van der Waals surface area contributed by atoms with E-state index in [9.17, 15) is 28.1 Å². The fourth-order valence-corrected chi connectivity index (χ4v) is 2.55. The smallest absolute Gasteiger partial charge is 0.345 e. The van der Waals surface area contributed by atoms with Crippen LogP contribution >= 0.6 is 0 Å². The third kappa shape index (κ3) is 3.57. The lowest BCUT2D eigenvalue weighted by molar-refractivity contribution is -0.385. The van der Waals surface area contributed by atoms with Gasteiger partial charge in [-0.25, -0.2) is 0 Å². The Kier molecular flexibility index (Phi) is 4.52. The van der Waals surface area contributed by atoms with E-state index in [1.165, 1.54) is 31.2 Å². The molecule has 3 aromatic rings. The third-order valence-electron chi connectivity index (χ3n) is 3.95. The van der Waals surface area contributed by atoms with Gasteiger partial charge in [-0.1, -0.05) is 6.07 Å². The Balaban J connectivity index is 1.84. The monoisotopic (exact) mass is 379 g/mol. The number of hydrogen-bond donors (Lipinski definition) is 1. The molecule has 11 heteroatoms. The number of alkyl halides is 3. The maximum absolute atomic E-state index is 12.9. The number of carbonyl (C=O) groups is 1. The number of nitrogens with zero attached hydrogens (tertiary/aromatic N) is 4. The Hall–Kier alpha value is -3.50. The molecule has 0 aliphatic carbocycles. The number of aromatic nitrogens is 3. The van der Waals surface area contributed by atoms with Crippen LogP contribution in [-0.2, 0) is 12.7 Å². The van der Waals surface area contributed by atoms with Gasteiger partial charge in [0.25, 0.3) is 11.6 Å². The van der Waals surface area contributed by atoms with Crippen molar-refractivity contribution in [2.45, 2.75) is 19.6 Å². The molecule has 0 spiro atoms. The maximum atomic E-state index is 12.9. The maximum Gasteiger partial charge on any atom is 0.417 e. The number of carbonyl (C=O) groups excluding carboxylic acids is 1. The molecule has 0 saturated carbocycles. The van der Waals surface area contributed by atoms with E-state index in [1.807, 2.05) is 0 Å². The minimum absolute atomic E-state index is 0.0903. The van der Waals surface area contributed by atoms with Crippen LogP contribution in [0.4, 0.5) is 18.9 Å². The van der Waals surface area contributed by atoms with Gasteiger partial charge in [0.15, 0.2) is 11.5 Å². The van der Waals surface area contributed by atoms with Crippen LogP contribution in [0.15, 0.2) is 36.5 Å². The number of amides is 1. The molecule has 0 fully saturated rings. The molecule has 0 atom stereocenters. The second kappa shape index (κ2) is 6.67. The normalized spacial score (nSPS) is 11.6. The van der Waals surface area contributed by atoms with Crippen molar-refractivity contribution in [1.29, 1.82) is 0 Å². The Labute approximate surface area is 149 Å². The number of halogens is 3. The highest BCUT2D eigenvalue weighted by molar-refractivity contribution is 5.96. The van der Waals surface area contributed by atoms with Crippen molar-refractivity contribution in [2.75, 3.05) is 0 Å². The van der Waals surface area contributed by atoms with Gasteiger partial charge in [-0.2, -0.15) is 13.2 Å². The van der Waals surface area contributed by atoms with E-state index in [1.54, 1.807) is 0 Å². The van der Waals surface area contributed by atoms with Gasteiger partial charge < -0.3 is 5.32 Å². The molecule has 1 aromatic carbocycles. The van der Waals surface area contributed by atoms with E-state index in [-0.39, 0.29) is 34.8 Å². The van der Waals surface area contributed by atoms with Crippen LogP contribution in [-0.4, -0.2) is 25.4 Å². The van der Waals surface area contributed by atoms with E-state index in [4.69, 9.17) is 0 Å². The van der Waals surface area contributed by atoms with Crippen LogP contribution in [0.25, 0.3) is 5.65 Å². The van der Waals surface area contributed by atoms with Crippen LogP contribution in [0.5, 0.6) is 0 Å². The van der Waals surface area contributed by atoms with Gasteiger partial charge in [0, 0.05) is 23.4 Å². The highest BCUT2D eigenvalue weighted by Gasteiger charge is 2.31. The highest BCUT2D eigenvalue weighted by atomic mass is 19.4. The molecule has 8 nitrogen and oxygen atoms in total. The topological polar surface area (TPSA) is 102 Å². The number of fused-ring (bicyclic) bond motifs is 1. The molecule has 140 valence electrons. The zero-order valence-electron chi connectivity index (χ0n) is 13.8. The summed E-state index contributed by atoms with van der Waals surface area (Å²) in [5.41, 5.74) is -0.611. The first-order valence-electron chi connectivity index (χ1n) is 7.61. The zero-order valence-corrected chi connectivity index (χ0v) is 13.8. The van der Waals surface area contributed by atoms with E-state index in [0.717, 1.165) is 16.7 Å². The van der Waals surface area contributed by atoms with Crippen molar-refractivity contribution in [3.63, 3.8) is 0 Å². The van der Waals surface area contributed by atoms with Gasteiger partial charge in [0.1, 0.15) is 0 Å². The molecule has 1 N–H and O–H groups in total. The summed E-state index contributed by atoms with van der Waals surface area (Å²) >= 11 is 0. The first kappa shape index (κ1) is 18.3. The fourth-order valence-electron chi connectivity index (χ4n) is 2.55. The van der Waals surface area contributed by atoms with Gasteiger partial charge in [-0.05, 0) is 25.1 Å². The first-order chi connectivity index (χ1) is 12.7. The molecule has 0 aliphatic rings. The number of pyridine rings is 1. The molecule has 0 bridgehead atoms. The second-order valence-corrected chi connectivity index (χ2v) is 5.65. The fraction of sp³-hybridized carbons (Fsp3) is 0.188. The van der Waals surface area contributed by atoms with Crippen molar-refractivity contribution < 1.29 is 22.9 Å². The minimum Gasteiger partial charge on any atom is -0.345 e. The molecule has 0 saturated heterocycles. The number of benzene rings is 1. The summed E-state index contributed by atoms with van der Waals surface area (Å²) < 4.78 is 39.7. The summed E-state index contributed by atoms with van der Waals surface area (Å²) in [6.07, 6.45) is -3.69. The average molecular weight is 379 g/mol. The Bertz CT molecular complexity index is 1050. The van der Waals surface area contributed by atoms with Gasteiger partial charge in [-0.3, -0.25) is 19.3 Å². The highest BCUT2D eigenvalue weighted by Crippen LogP contribution is 2.29. The van der Waals surface area contributed by atoms with Crippen LogP contribution in [0, 0.1) is 17.0 Å². The van der Waals surface area contributed by atoms with Crippen LogP contribution in [0.3, 0.4) is 0 Å². The Morgan fingerprint density at radius 3 is 2.67 bits per heavy atom. The van der Waals surface area contributed by atoms with Gasteiger partial charge in [0.05, 0.1) is 17.0 Å². The van der Waals surface area contributed by atoms with Gasteiger partial charge in [-0.15, -0.1) is 10.2 Å². The predicted molar refractivity (Wildman–Crippen MR) is 87.0 cm³/mol. The van der Waals surface area contributed by atoms with Crippen LogP contribution in [0.2, 0.25) is 0 Å². The standard InChI is InChI=1S/C16H12F3N5O3/c1-9-11(3-2-4-12(9)24(26)27)15(25)20-7-14-22-21-13-6-5-10(8-23(13)14)16(17,18)19/h2-6,8H,7H2,1H3,(H,20,25). The first-order valence-corrected chi connectivity index (χ1v) is 7.61. The molecule has 0 unspecified atom stereocenters. The third-order valence-corrected chi connectivity index (χ3v) is 3.95. The summed E-state index contributed by atoms with van der Waals surface area (Å²) in [6, 6.07) is 6.13. The number of nitro groups is 1. The molecule has 0 aliphatic heterocycles. The van der Waals surface area contributed by atoms with Crippen molar-refractivity contribution in [3.05, 3.63) is 69.2 Å². The van der Waals surface area contributed by atoms with E-state index in [0.29, 0.717) is 0 Å². The van der Waals surface area contributed by atoms with Gasteiger partial charge >= 0.3 is 6.18 Å². The van der Waals surface area contributed by atoms with Crippen molar-refractivity contribution in [1.82, 2.24) is 19.9 Å². The quantitative estimate of drug-likeness (QED) is 0.555. The van der Waals surface area contributed by atoms with Gasteiger partial charge in [0.2, 0.25) is 0 Å². The zero-order chi connectivity index (χ0) is 19.8. The van der Waals surface area contributed by atoms with E-state index in [2.05, 4.69) is 15.5 Å². The van der Waals surface area contributed by atoms with E-state index >= 15 is 0 Å². The molecule has 0 radical (unpaired) electrons. The second-order valence-electron chi connectivity index (χ2n) is 5.65. The Morgan fingerprint density at radius 1 is 1.26 bits per heavy atom. The summed E-state index contributed by atoms with van der Waals surface area (Å²) in [5, 5.41) is 21.0. The summed E-state index contributed by atoms with van der Waals surface area (Å²) in [6.45, 7) is 1.23. The number of nitrogens with one attached hydrogen (secondary N) is 1. The predicted octanol–water partition coefficient (Wildman–Crippen LogP) is 2.89. The minimum atomic E-state index is -4.53. The van der Waals surface area contributed by atoms with Crippen molar-refractivity contribution in [2.24, 2.45) is 0 Å². The molecule has 2 aromatic heterocycles. The largest absolute Gasteiger partial charge is 0.417 e. The van der Waals surface area contributed by atoms with Crippen LogP contribution < -0.4 is 5.32 Å². The molecule has 3 rings (SSSR count). The van der Waals surface area contributed by atoms with Crippen LogP contribution in [0.1, 0.15) is 27.3 Å². The molecular weight excluding hydrogens is 367 g/mol. The lowest BCUT2D eigenvalue weighted by Crippen LogP contribution is -2.25. The summed E-state index contributed by atoms with van der Waals surface area (Å²) in [5.74, 6) is -0.521. The molecule has 1 amide bonds. The Morgan fingerprint density at radius 2 is 2.00 bits per heavy atom. The molecule has 2 heterocycles. The number of hydrogen-bond acceptors (Lipinski definition) is 5. The number of nitro benzene ring substituents is 1. The average Bonchev–Trinajstić information content (AvgIpc) is 3.01. The summed E-state index contributed by atoms with van der Waals surface area (Å²) in [4.78, 5) is 22.7. The lowest BCUT2D eigenvalue weighted by Gasteiger charge is -2.09. The van der Waals surface area contributed by atoms with E-state index < -0.39 is 22.6 Å². The lowest BCUT2D eigenvalue weighted by atomic mass is 10.1. The van der Waals surface area contributed by atoms with Crippen molar-refractivity contribution in [3.8, 4) is 0 Å². The SMILES string of the molecule is Cc1c(C(=O)NCc2nnc3ccc(C(F)(F)F)cn23)cccc1[N+](=O)[O-]. The number of rotatable bonds is 4. The van der Waals surface area contributed by atoms with Crippen molar-refractivity contribution >= 4 is 17.2 Å². The molecular formula is C16H12F3N5O3. The molecule has 27 heavy (non-hydrogen) atoms.